The van der Waals surface area contributed by atoms with Crippen LogP contribution in [-0.4, -0.2) is 52.6 Å². The third-order valence-electron chi connectivity index (χ3n) is 4.63. The Bertz CT molecular complexity index is 935. The number of Topliss-reactive ketones (excluding diaryl/α,β-unsaturated/α-hetero) is 1. The van der Waals surface area contributed by atoms with Gasteiger partial charge < -0.3 is 9.64 Å². The maximum atomic E-state index is 12.5. The average Bonchev–Trinajstić information content (AvgIpc) is 3.18. The Balaban J connectivity index is 1.62. The van der Waals surface area contributed by atoms with Gasteiger partial charge in [0.2, 0.25) is 5.95 Å². The molecule has 2 aromatic carbocycles. The summed E-state index contributed by atoms with van der Waals surface area (Å²) >= 11 is 1.42. The van der Waals surface area contributed by atoms with Gasteiger partial charge in [0.15, 0.2) is 10.9 Å². The number of carbonyl (C=O) groups excluding carboxylic acids is 1. The second-order valence-corrected chi connectivity index (χ2v) is 7.57. The van der Waals surface area contributed by atoms with Crippen LogP contribution in [0.2, 0.25) is 0 Å². The lowest BCUT2D eigenvalue weighted by Gasteiger charge is -2.27. The zero-order chi connectivity index (χ0) is 19.3. The molecule has 6 nitrogen and oxygen atoms in total. The standard InChI is InChI=1S/C21H22N4O2S/c1-16-7-9-18(10-8-16)25-20(24-11-13-27-14-12-24)22-23-21(25)28-15-19(26)17-5-3-2-4-6-17/h2-10H,11-15H2,1H3. The Morgan fingerprint density at radius 2 is 1.75 bits per heavy atom. The minimum atomic E-state index is 0.0805. The van der Waals surface area contributed by atoms with E-state index < -0.39 is 0 Å². The lowest BCUT2D eigenvalue weighted by atomic mass is 10.2. The van der Waals surface area contributed by atoms with Crippen LogP contribution in [0.15, 0.2) is 59.8 Å². The number of hydrogen-bond acceptors (Lipinski definition) is 6. The van der Waals surface area contributed by atoms with Gasteiger partial charge in [0.05, 0.1) is 24.7 Å². The van der Waals surface area contributed by atoms with Crippen molar-refractivity contribution in [1.29, 1.82) is 0 Å². The number of anilines is 1. The first-order valence-corrected chi connectivity index (χ1v) is 10.3. The smallest absolute Gasteiger partial charge is 0.232 e. The summed E-state index contributed by atoms with van der Waals surface area (Å²) in [5, 5.41) is 9.55. The van der Waals surface area contributed by atoms with Gasteiger partial charge in [0.1, 0.15) is 0 Å². The molecular weight excluding hydrogens is 372 g/mol. The number of ether oxygens (including phenoxy) is 1. The molecule has 4 rings (SSSR count). The van der Waals surface area contributed by atoms with E-state index in [1.807, 2.05) is 34.9 Å². The van der Waals surface area contributed by atoms with Crippen LogP contribution in [0.5, 0.6) is 0 Å². The van der Waals surface area contributed by atoms with E-state index in [2.05, 4.69) is 46.3 Å². The predicted molar refractivity (Wildman–Crippen MR) is 111 cm³/mol. The summed E-state index contributed by atoms with van der Waals surface area (Å²) in [5.41, 5.74) is 2.90. The van der Waals surface area contributed by atoms with Crippen LogP contribution in [0, 0.1) is 6.92 Å². The maximum Gasteiger partial charge on any atom is 0.232 e. The predicted octanol–water partition coefficient (Wildman–Crippen LogP) is 3.39. The van der Waals surface area contributed by atoms with Crippen LogP contribution in [0.1, 0.15) is 15.9 Å². The van der Waals surface area contributed by atoms with E-state index in [-0.39, 0.29) is 5.78 Å². The molecule has 1 aliphatic rings. The van der Waals surface area contributed by atoms with Gasteiger partial charge in [-0.1, -0.05) is 59.8 Å². The summed E-state index contributed by atoms with van der Waals surface area (Å²) in [6, 6.07) is 17.6. The van der Waals surface area contributed by atoms with Crippen molar-refractivity contribution in [3.63, 3.8) is 0 Å². The monoisotopic (exact) mass is 394 g/mol. The molecule has 2 heterocycles. The van der Waals surface area contributed by atoms with Crippen molar-refractivity contribution >= 4 is 23.5 Å². The van der Waals surface area contributed by atoms with Crippen LogP contribution in [0.25, 0.3) is 5.69 Å². The van der Waals surface area contributed by atoms with Crippen LogP contribution in [0.3, 0.4) is 0 Å². The van der Waals surface area contributed by atoms with Crippen LogP contribution >= 0.6 is 11.8 Å². The first-order valence-electron chi connectivity index (χ1n) is 9.28. The van der Waals surface area contributed by atoms with Gasteiger partial charge in [-0.3, -0.25) is 9.36 Å². The highest BCUT2D eigenvalue weighted by molar-refractivity contribution is 7.99. The van der Waals surface area contributed by atoms with E-state index in [0.29, 0.717) is 24.5 Å². The molecule has 0 radical (unpaired) electrons. The van der Waals surface area contributed by atoms with E-state index in [9.17, 15) is 4.79 Å². The number of aromatic nitrogens is 3. The fraction of sp³-hybridized carbons (Fsp3) is 0.286. The molecule has 0 bridgehead atoms. The topological polar surface area (TPSA) is 60.2 Å². The third-order valence-corrected chi connectivity index (χ3v) is 5.56. The highest BCUT2D eigenvalue weighted by Gasteiger charge is 2.22. The van der Waals surface area contributed by atoms with Crippen molar-refractivity contribution in [2.75, 3.05) is 37.0 Å². The summed E-state index contributed by atoms with van der Waals surface area (Å²) in [6.07, 6.45) is 0. The fourth-order valence-corrected chi connectivity index (χ4v) is 3.92. The van der Waals surface area contributed by atoms with Gasteiger partial charge >= 0.3 is 0 Å². The Hall–Kier alpha value is -2.64. The van der Waals surface area contributed by atoms with Crippen molar-refractivity contribution in [3.05, 3.63) is 65.7 Å². The number of ketones is 1. The largest absolute Gasteiger partial charge is 0.378 e. The van der Waals surface area contributed by atoms with E-state index in [4.69, 9.17) is 4.74 Å². The molecule has 3 aromatic rings. The van der Waals surface area contributed by atoms with Gasteiger partial charge in [-0.15, -0.1) is 10.2 Å². The number of carbonyl (C=O) groups is 1. The van der Waals surface area contributed by atoms with Crippen molar-refractivity contribution < 1.29 is 9.53 Å². The third kappa shape index (κ3) is 4.10. The van der Waals surface area contributed by atoms with E-state index in [1.165, 1.54) is 17.3 Å². The normalized spacial score (nSPS) is 14.2. The molecule has 0 aliphatic carbocycles. The summed E-state index contributed by atoms with van der Waals surface area (Å²) in [5.74, 6) is 1.19. The van der Waals surface area contributed by atoms with Gasteiger partial charge in [-0.2, -0.15) is 0 Å². The molecule has 1 fully saturated rings. The first-order chi connectivity index (χ1) is 13.7. The first kappa shape index (κ1) is 18.7. The van der Waals surface area contributed by atoms with Gasteiger partial charge in [0.25, 0.3) is 0 Å². The van der Waals surface area contributed by atoms with Gasteiger partial charge in [0, 0.05) is 18.7 Å². The molecule has 0 atom stereocenters. The number of thioether (sulfide) groups is 1. The highest BCUT2D eigenvalue weighted by atomic mass is 32.2. The molecule has 0 amide bonds. The van der Waals surface area contributed by atoms with E-state index >= 15 is 0 Å². The summed E-state index contributed by atoms with van der Waals surface area (Å²) in [6.45, 7) is 4.97. The van der Waals surface area contributed by atoms with Crippen molar-refractivity contribution in [2.45, 2.75) is 12.1 Å². The molecule has 1 saturated heterocycles. The van der Waals surface area contributed by atoms with E-state index in [0.717, 1.165) is 29.9 Å². The highest BCUT2D eigenvalue weighted by Crippen LogP contribution is 2.28. The second kappa shape index (κ2) is 8.58. The summed E-state index contributed by atoms with van der Waals surface area (Å²) in [7, 11) is 0. The fourth-order valence-electron chi connectivity index (χ4n) is 3.08. The molecule has 0 N–H and O–H groups in total. The number of benzene rings is 2. The Morgan fingerprint density at radius 3 is 2.46 bits per heavy atom. The molecular formula is C21H22N4O2S. The molecule has 1 aromatic heterocycles. The number of morpholine rings is 1. The van der Waals surface area contributed by atoms with Crippen molar-refractivity contribution in [1.82, 2.24) is 14.8 Å². The van der Waals surface area contributed by atoms with Crippen LogP contribution in [-0.2, 0) is 4.74 Å². The van der Waals surface area contributed by atoms with Gasteiger partial charge in [-0.25, -0.2) is 0 Å². The summed E-state index contributed by atoms with van der Waals surface area (Å²) < 4.78 is 7.50. The molecule has 144 valence electrons. The number of nitrogens with zero attached hydrogens (tertiary/aromatic N) is 4. The summed E-state index contributed by atoms with van der Waals surface area (Å²) in [4.78, 5) is 14.7. The maximum absolute atomic E-state index is 12.5. The number of rotatable bonds is 6. The van der Waals surface area contributed by atoms with E-state index in [1.54, 1.807) is 0 Å². The minimum absolute atomic E-state index is 0.0805. The SMILES string of the molecule is Cc1ccc(-n2c(SCC(=O)c3ccccc3)nnc2N2CCOCC2)cc1. The second-order valence-electron chi connectivity index (χ2n) is 6.63. The lowest BCUT2D eigenvalue weighted by Crippen LogP contribution is -2.37. The quantitative estimate of drug-likeness (QED) is 0.472. The molecule has 0 unspecified atom stereocenters. The minimum Gasteiger partial charge on any atom is -0.378 e. The van der Waals surface area contributed by atoms with Crippen molar-refractivity contribution in [2.24, 2.45) is 0 Å². The Labute approximate surface area is 168 Å². The average molecular weight is 395 g/mol. The van der Waals surface area contributed by atoms with Crippen LogP contribution < -0.4 is 4.90 Å². The van der Waals surface area contributed by atoms with Crippen molar-refractivity contribution in [3.8, 4) is 5.69 Å². The van der Waals surface area contributed by atoms with Crippen LogP contribution in [0.4, 0.5) is 5.95 Å². The molecule has 1 aliphatic heterocycles. The zero-order valence-electron chi connectivity index (χ0n) is 15.7. The Kier molecular flexibility index (Phi) is 5.73. The molecule has 0 spiro atoms. The Morgan fingerprint density at radius 1 is 1.04 bits per heavy atom. The lowest BCUT2D eigenvalue weighted by molar-refractivity contribution is 0.102. The zero-order valence-corrected chi connectivity index (χ0v) is 16.6. The number of aryl methyl sites for hydroxylation is 1. The van der Waals surface area contributed by atoms with Gasteiger partial charge in [-0.05, 0) is 19.1 Å². The molecule has 7 heteroatoms. The molecule has 0 saturated carbocycles. The molecule has 28 heavy (non-hydrogen) atoms. The number of hydrogen-bond donors (Lipinski definition) is 0.